The van der Waals surface area contributed by atoms with Gasteiger partial charge in [-0.05, 0) is 31.0 Å². The van der Waals surface area contributed by atoms with Crippen LogP contribution in [0.4, 0.5) is 11.5 Å². The molecule has 0 aliphatic heterocycles. The van der Waals surface area contributed by atoms with Crippen LogP contribution in [-0.2, 0) is 4.79 Å². The highest BCUT2D eigenvalue weighted by atomic mass is 16.1. The van der Waals surface area contributed by atoms with Crippen LogP contribution in [0.1, 0.15) is 11.1 Å². The maximum atomic E-state index is 12.5. The molecule has 2 N–H and O–H groups in total. The summed E-state index contributed by atoms with van der Waals surface area (Å²) >= 11 is 0. The maximum Gasteiger partial charge on any atom is 0.243 e. The molecule has 1 heterocycles. The fourth-order valence-electron chi connectivity index (χ4n) is 3.29. The Bertz CT molecular complexity index is 1170. The number of hydrogen-bond donors (Lipinski definition) is 2. The zero-order chi connectivity index (χ0) is 20.2. The lowest BCUT2D eigenvalue weighted by atomic mass is 10.0. The molecule has 5 nitrogen and oxygen atoms in total. The molecule has 0 aliphatic carbocycles. The number of aryl methyl sites for hydroxylation is 1. The first-order valence-electron chi connectivity index (χ1n) is 9.54. The monoisotopic (exact) mass is 382 g/mol. The van der Waals surface area contributed by atoms with Crippen molar-refractivity contribution in [3.63, 3.8) is 0 Å². The van der Waals surface area contributed by atoms with Gasteiger partial charge in [-0.25, -0.2) is 0 Å². The van der Waals surface area contributed by atoms with Crippen molar-refractivity contribution >= 4 is 28.2 Å². The van der Waals surface area contributed by atoms with Crippen LogP contribution in [0, 0.1) is 13.8 Å². The van der Waals surface area contributed by atoms with E-state index in [0.29, 0.717) is 5.82 Å². The highest BCUT2D eigenvalue weighted by Gasteiger charge is 2.12. The number of rotatable bonds is 5. The van der Waals surface area contributed by atoms with Crippen LogP contribution in [0.15, 0.2) is 72.8 Å². The number of amides is 1. The Labute approximate surface area is 169 Å². The fraction of sp³-hybridized carbons (Fsp3) is 0.125. The number of nitrogens with zero attached hydrogens (tertiary/aromatic N) is 2. The second-order valence-corrected chi connectivity index (χ2v) is 6.96. The van der Waals surface area contributed by atoms with Crippen LogP contribution < -0.4 is 10.6 Å². The Kier molecular flexibility index (Phi) is 5.20. The Morgan fingerprint density at radius 3 is 2.34 bits per heavy atom. The van der Waals surface area contributed by atoms with Gasteiger partial charge in [0.2, 0.25) is 5.91 Å². The van der Waals surface area contributed by atoms with Gasteiger partial charge in [-0.1, -0.05) is 66.7 Å². The summed E-state index contributed by atoms with van der Waals surface area (Å²) in [5, 5.41) is 16.8. The molecule has 3 aromatic carbocycles. The topological polar surface area (TPSA) is 66.9 Å². The lowest BCUT2D eigenvalue weighted by molar-refractivity contribution is -0.114. The van der Waals surface area contributed by atoms with E-state index in [0.717, 1.165) is 38.8 Å². The lowest BCUT2D eigenvalue weighted by Gasteiger charge is -2.13. The zero-order valence-corrected chi connectivity index (χ0v) is 16.4. The second-order valence-electron chi connectivity index (χ2n) is 6.96. The van der Waals surface area contributed by atoms with Gasteiger partial charge in [-0.3, -0.25) is 4.79 Å². The molecule has 1 aromatic heterocycles. The van der Waals surface area contributed by atoms with E-state index in [1.54, 1.807) is 0 Å². The molecule has 0 fully saturated rings. The van der Waals surface area contributed by atoms with E-state index >= 15 is 0 Å². The zero-order valence-electron chi connectivity index (χ0n) is 16.4. The normalized spacial score (nSPS) is 10.7. The first kappa shape index (κ1) is 18.6. The van der Waals surface area contributed by atoms with E-state index in [1.807, 2.05) is 86.6 Å². The van der Waals surface area contributed by atoms with E-state index in [2.05, 4.69) is 20.8 Å². The smallest absolute Gasteiger partial charge is 0.243 e. The average Bonchev–Trinajstić information content (AvgIpc) is 2.76. The molecule has 0 saturated carbocycles. The highest BCUT2D eigenvalue weighted by molar-refractivity contribution is 6.01. The molecule has 144 valence electrons. The van der Waals surface area contributed by atoms with Gasteiger partial charge in [0.25, 0.3) is 0 Å². The first-order valence-corrected chi connectivity index (χ1v) is 9.54. The van der Waals surface area contributed by atoms with Gasteiger partial charge in [0.1, 0.15) is 5.69 Å². The minimum Gasteiger partial charge on any atom is -0.359 e. The predicted octanol–water partition coefficient (Wildman–Crippen LogP) is 4.96. The van der Waals surface area contributed by atoms with Crippen LogP contribution in [-0.4, -0.2) is 22.6 Å². The van der Waals surface area contributed by atoms with Crippen molar-refractivity contribution in [2.45, 2.75) is 13.8 Å². The first-order chi connectivity index (χ1) is 14.1. The van der Waals surface area contributed by atoms with Crippen molar-refractivity contribution in [3.8, 4) is 11.3 Å². The van der Waals surface area contributed by atoms with Gasteiger partial charge in [-0.15, -0.1) is 10.2 Å². The van der Waals surface area contributed by atoms with E-state index in [9.17, 15) is 4.79 Å². The van der Waals surface area contributed by atoms with Crippen molar-refractivity contribution in [1.82, 2.24) is 10.2 Å². The van der Waals surface area contributed by atoms with Gasteiger partial charge in [0, 0.05) is 22.0 Å². The van der Waals surface area contributed by atoms with Gasteiger partial charge in [0.15, 0.2) is 5.82 Å². The lowest BCUT2D eigenvalue weighted by Crippen LogP contribution is -2.23. The van der Waals surface area contributed by atoms with Crippen molar-refractivity contribution in [1.29, 1.82) is 0 Å². The number of carbonyl (C=O) groups excluding carboxylic acids is 1. The number of anilines is 2. The van der Waals surface area contributed by atoms with Gasteiger partial charge in [-0.2, -0.15) is 0 Å². The molecule has 0 spiro atoms. The Morgan fingerprint density at radius 1 is 0.828 bits per heavy atom. The molecular weight excluding hydrogens is 360 g/mol. The van der Waals surface area contributed by atoms with Crippen LogP contribution in [0.2, 0.25) is 0 Å². The predicted molar refractivity (Wildman–Crippen MR) is 118 cm³/mol. The number of nitrogens with one attached hydrogen (secondary N) is 2. The van der Waals surface area contributed by atoms with Crippen molar-refractivity contribution < 1.29 is 4.79 Å². The van der Waals surface area contributed by atoms with Crippen LogP contribution in [0.5, 0.6) is 0 Å². The number of hydrogen-bond acceptors (Lipinski definition) is 4. The molecule has 5 heteroatoms. The summed E-state index contributed by atoms with van der Waals surface area (Å²) in [6.07, 6.45) is 0. The largest absolute Gasteiger partial charge is 0.359 e. The SMILES string of the molecule is Cc1cccc(NC(=O)CNc2nnc(-c3ccccc3)c3ccccc23)c1C. The summed E-state index contributed by atoms with van der Waals surface area (Å²) in [6.45, 7) is 4.13. The quantitative estimate of drug-likeness (QED) is 0.512. The third-order valence-corrected chi connectivity index (χ3v) is 5.03. The Morgan fingerprint density at radius 2 is 1.55 bits per heavy atom. The van der Waals surface area contributed by atoms with E-state index < -0.39 is 0 Å². The number of carbonyl (C=O) groups is 1. The fourth-order valence-corrected chi connectivity index (χ4v) is 3.29. The summed E-state index contributed by atoms with van der Waals surface area (Å²) in [6, 6.07) is 23.8. The molecule has 0 unspecified atom stereocenters. The van der Waals surface area contributed by atoms with Crippen molar-refractivity contribution in [2.24, 2.45) is 0 Å². The average molecular weight is 382 g/mol. The second kappa shape index (κ2) is 8.10. The molecule has 0 bridgehead atoms. The molecule has 29 heavy (non-hydrogen) atoms. The summed E-state index contributed by atoms with van der Waals surface area (Å²) in [5.41, 5.74) is 4.87. The summed E-state index contributed by atoms with van der Waals surface area (Å²) in [7, 11) is 0. The third-order valence-electron chi connectivity index (χ3n) is 5.03. The highest BCUT2D eigenvalue weighted by Crippen LogP contribution is 2.29. The molecule has 4 rings (SSSR count). The molecule has 1 amide bonds. The van der Waals surface area contributed by atoms with Gasteiger partial charge < -0.3 is 10.6 Å². The van der Waals surface area contributed by atoms with E-state index in [-0.39, 0.29) is 12.5 Å². The van der Waals surface area contributed by atoms with Crippen LogP contribution in [0.3, 0.4) is 0 Å². The molecule has 0 saturated heterocycles. The van der Waals surface area contributed by atoms with Gasteiger partial charge in [0.05, 0.1) is 6.54 Å². The third kappa shape index (κ3) is 3.94. The summed E-state index contributed by atoms with van der Waals surface area (Å²) < 4.78 is 0. The van der Waals surface area contributed by atoms with Crippen LogP contribution >= 0.6 is 0 Å². The molecule has 4 aromatic rings. The number of fused-ring (bicyclic) bond motifs is 1. The molecular formula is C24H22N4O. The van der Waals surface area contributed by atoms with E-state index in [4.69, 9.17) is 0 Å². The summed E-state index contributed by atoms with van der Waals surface area (Å²) in [4.78, 5) is 12.5. The molecule has 0 aliphatic rings. The molecule has 0 radical (unpaired) electrons. The van der Waals surface area contributed by atoms with E-state index in [1.165, 1.54) is 0 Å². The van der Waals surface area contributed by atoms with Crippen molar-refractivity contribution in [2.75, 3.05) is 17.2 Å². The molecule has 0 atom stereocenters. The summed E-state index contributed by atoms with van der Waals surface area (Å²) in [5.74, 6) is 0.466. The minimum atomic E-state index is -0.128. The Hall–Kier alpha value is -3.73. The minimum absolute atomic E-state index is 0.108. The standard InChI is InChI=1S/C24H22N4O/c1-16-9-8-14-21(17(16)2)26-22(29)15-25-24-20-13-7-6-12-19(20)23(27-28-24)18-10-4-3-5-11-18/h3-14H,15H2,1-2H3,(H,25,28)(H,26,29). The maximum absolute atomic E-state index is 12.5. The number of aromatic nitrogens is 2. The Balaban J connectivity index is 1.56. The number of benzene rings is 3. The van der Waals surface area contributed by atoms with Gasteiger partial charge >= 0.3 is 0 Å². The van der Waals surface area contributed by atoms with Crippen molar-refractivity contribution in [3.05, 3.63) is 83.9 Å². The van der Waals surface area contributed by atoms with Crippen LogP contribution in [0.25, 0.3) is 22.0 Å².